The Bertz CT molecular complexity index is 1210. The number of rotatable bonds is 8. The van der Waals surface area contributed by atoms with Gasteiger partial charge in [-0.25, -0.2) is 10.2 Å². The molecule has 0 unspecified atom stereocenters. The van der Waals surface area contributed by atoms with Gasteiger partial charge in [-0.15, -0.1) is 0 Å². The summed E-state index contributed by atoms with van der Waals surface area (Å²) >= 11 is 0. The monoisotopic (exact) mass is 446 g/mol. The van der Waals surface area contributed by atoms with Crippen molar-refractivity contribution in [3.05, 3.63) is 88.5 Å². The molecule has 2 heterocycles. The maximum atomic E-state index is 12.7. The number of benzene rings is 1. The van der Waals surface area contributed by atoms with Crippen LogP contribution in [0.25, 0.3) is 6.08 Å². The molecular weight excluding hydrogens is 424 g/mol. The van der Waals surface area contributed by atoms with Gasteiger partial charge in [0.1, 0.15) is 5.75 Å². The number of phenolic OH excluding ortho intramolecular Hbond substituents is 1. The number of hydrogen-bond donors (Lipinski definition) is 3. The highest BCUT2D eigenvalue weighted by molar-refractivity contribution is 5.95. The number of esters is 1. The Kier molecular flexibility index (Phi) is 7.61. The number of nitrogens with zero attached hydrogens (tertiary/aromatic N) is 2. The molecule has 3 aromatic rings. The fourth-order valence-electron chi connectivity index (χ4n) is 2.93. The van der Waals surface area contributed by atoms with Gasteiger partial charge in [-0.3, -0.25) is 25.0 Å². The molecule has 0 aliphatic heterocycles. The van der Waals surface area contributed by atoms with E-state index in [0.717, 1.165) is 0 Å². The number of aldehydes is 1. The number of aromatic nitrogens is 2. The molecule has 0 aliphatic rings. The number of ether oxygens (including phenoxy) is 1. The van der Waals surface area contributed by atoms with Crippen LogP contribution in [0.3, 0.4) is 0 Å². The number of hydrazine groups is 1. The van der Waals surface area contributed by atoms with E-state index in [2.05, 4.69) is 20.8 Å². The molecule has 9 heteroatoms. The van der Waals surface area contributed by atoms with Gasteiger partial charge in [0.2, 0.25) is 0 Å². The van der Waals surface area contributed by atoms with E-state index < -0.39 is 11.9 Å². The Morgan fingerprint density at radius 2 is 1.85 bits per heavy atom. The molecule has 168 valence electrons. The van der Waals surface area contributed by atoms with Crippen LogP contribution in [0, 0.1) is 6.92 Å². The molecule has 0 radical (unpaired) electrons. The van der Waals surface area contributed by atoms with E-state index in [0.29, 0.717) is 28.7 Å². The SMILES string of the molecule is CC(=Cc1ccccc1O)C(=O)Oc1c(C)ncc(C=O)c1CNNC(=O)c1ccncc1. The number of carbonyl (C=O) groups is 3. The Morgan fingerprint density at radius 1 is 1.12 bits per heavy atom. The lowest BCUT2D eigenvalue weighted by molar-refractivity contribution is -0.130. The van der Waals surface area contributed by atoms with Crippen molar-refractivity contribution in [3.63, 3.8) is 0 Å². The van der Waals surface area contributed by atoms with Gasteiger partial charge in [0.05, 0.1) is 5.69 Å². The Balaban J connectivity index is 1.79. The van der Waals surface area contributed by atoms with Gasteiger partial charge >= 0.3 is 5.97 Å². The lowest BCUT2D eigenvalue weighted by Crippen LogP contribution is -2.37. The minimum absolute atomic E-state index is 0.000887. The van der Waals surface area contributed by atoms with Crippen molar-refractivity contribution in [1.29, 1.82) is 0 Å². The highest BCUT2D eigenvalue weighted by Crippen LogP contribution is 2.26. The van der Waals surface area contributed by atoms with Crippen molar-refractivity contribution in [1.82, 2.24) is 20.8 Å². The smallest absolute Gasteiger partial charge is 0.339 e. The van der Waals surface area contributed by atoms with Crippen LogP contribution >= 0.6 is 0 Å². The average Bonchev–Trinajstić information content (AvgIpc) is 2.83. The summed E-state index contributed by atoms with van der Waals surface area (Å²) in [5, 5.41) is 9.92. The molecule has 2 aromatic heterocycles. The molecule has 1 amide bonds. The number of nitrogens with one attached hydrogen (secondary N) is 2. The number of pyridine rings is 2. The van der Waals surface area contributed by atoms with Crippen molar-refractivity contribution >= 4 is 24.2 Å². The fourth-order valence-corrected chi connectivity index (χ4v) is 2.93. The molecule has 0 aliphatic carbocycles. The van der Waals surface area contributed by atoms with Crippen molar-refractivity contribution in [3.8, 4) is 11.5 Å². The van der Waals surface area contributed by atoms with Gasteiger partial charge in [-0.2, -0.15) is 0 Å². The summed E-state index contributed by atoms with van der Waals surface area (Å²) in [4.78, 5) is 44.5. The van der Waals surface area contributed by atoms with Crippen molar-refractivity contribution < 1.29 is 24.2 Å². The molecular formula is C24H22N4O5. The summed E-state index contributed by atoms with van der Waals surface area (Å²) in [5.41, 5.74) is 7.32. The van der Waals surface area contributed by atoms with Gasteiger partial charge in [-0.05, 0) is 38.1 Å². The summed E-state index contributed by atoms with van der Waals surface area (Å²) in [5.74, 6) is -0.926. The largest absolute Gasteiger partial charge is 0.507 e. The predicted molar refractivity (Wildman–Crippen MR) is 120 cm³/mol. The molecule has 0 bridgehead atoms. The quantitative estimate of drug-likeness (QED) is 0.208. The molecule has 33 heavy (non-hydrogen) atoms. The van der Waals surface area contributed by atoms with E-state index in [-0.39, 0.29) is 29.2 Å². The summed E-state index contributed by atoms with van der Waals surface area (Å²) < 4.78 is 5.56. The number of phenols is 1. The summed E-state index contributed by atoms with van der Waals surface area (Å²) in [6.07, 6.45) is 6.45. The van der Waals surface area contributed by atoms with E-state index in [9.17, 15) is 19.5 Å². The van der Waals surface area contributed by atoms with Crippen LogP contribution < -0.4 is 15.6 Å². The number of carbonyl (C=O) groups excluding carboxylic acids is 3. The lowest BCUT2D eigenvalue weighted by atomic mass is 10.1. The number of para-hydroxylation sites is 1. The molecule has 0 spiro atoms. The molecule has 0 fully saturated rings. The van der Waals surface area contributed by atoms with Gasteiger partial charge in [-0.1, -0.05) is 18.2 Å². The van der Waals surface area contributed by atoms with Crippen LogP contribution in [0.2, 0.25) is 0 Å². The Labute approximate surface area is 190 Å². The molecule has 3 rings (SSSR count). The van der Waals surface area contributed by atoms with E-state index >= 15 is 0 Å². The number of amides is 1. The summed E-state index contributed by atoms with van der Waals surface area (Å²) in [6, 6.07) is 9.68. The molecule has 0 atom stereocenters. The third kappa shape index (κ3) is 5.86. The summed E-state index contributed by atoms with van der Waals surface area (Å²) in [6.45, 7) is 3.19. The normalized spacial score (nSPS) is 11.0. The van der Waals surface area contributed by atoms with Gasteiger partial charge in [0.15, 0.2) is 12.0 Å². The molecule has 9 nitrogen and oxygen atoms in total. The van der Waals surface area contributed by atoms with Crippen LogP contribution in [0.1, 0.15) is 44.5 Å². The second kappa shape index (κ2) is 10.8. The van der Waals surface area contributed by atoms with E-state index in [1.807, 2.05) is 0 Å². The highest BCUT2D eigenvalue weighted by Gasteiger charge is 2.18. The van der Waals surface area contributed by atoms with Gasteiger partial charge in [0.25, 0.3) is 5.91 Å². The molecule has 0 saturated heterocycles. The zero-order chi connectivity index (χ0) is 23.8. The highest BCUT2D eigenvalue weighted by atomic mass is 16.5. The van der Waals surface area contributed by atoms with E-state index in [1.165, 1.54) is 30.7 Å². The Hall–Kier alpha value is -4.37. The standard InChI is InChI=1S/C24H22N4O5/c1-15(11-18-5-3-4-6-21(18)30)24(32)33-22-16(2)26-12-19(14-29)20(22)13-27-28-23(31)17-7-9-25-10-8-17/h3-12,14,27,30H,13H2,1-2H3,(H,28,31). The van der Waals surface area contributed by atoms with Crippen molar-refractivity contribution in [2.24, 2.45) is 0 Å². The van der Waals surface area contributed by atoms with Crippen LogP contribution in [0.15, 0.2) is 60.6 Å². The lowest BCUT2D eigenvalue weighted by Gasteiger charge is -2.15. The Morgan fingerprint density at radius 3 is 2.55 bits per heavy atom. The third-order valence-corrected chi connectivity index (χ3v) is 4.71. The van der Waals surface area contributed by atoms with Crippen LogP contribution in [0.4, 0.5) is 0 Å². The van der Waals surface area contributed by atoms with Crippen LogP contribution in [-0.4, -0.2) is 33.2 Å². The molecule has 3 N–H and O–H groups in total. The predicted octanol–water partition coefficient (Wildman–Crippen LogP) is 2.75. The van der Waals surface area contributed by atoms with Crippen molar-refractivity contribution in [2.75, 3.05) is 0 Å². The van der Waals surface area contributed by atoms with Crippen LogP contribution in [-0.2, 0) is 11.3 Å². The second-order valence-electron chi connectivity index (χ2n) is 7.04. The minimum Gasteiger partial charge on any atom is -0.507 e. The number of hydrogen-bond acceptors (Lipinski definition) is 8. The number of aryl methyl sites for hydroxylation is 1. The molecule has 0 saturated carbocycles. The number of aromatic hydroxyl groups is 1. The average molecular weight is 446 g/mol. The maximum Gasteiger partial charge on any atom is 0.339 e. The molecule has 1 aromatic carbocycles. The topological polar surface area (TPSA) is 131 Å². The van der Waals surface area contributed by atoms with Crippen molar-refractivity contribution in [2.45, 2.75) is 20.4 Å². The minimum atomic E-state index is -0.673. The zero-order valence-electron chi connectivity index (χ0n) is 18.0. The van der Waals surface area contributed by atoms with E-state index in [4.69, 9.17) is 4.74 Å². The van der Waals surface area contributed by atoms with E-state index in [1.54, 1.807) is 44.2 Å². The fraction of sp³-hybridized carbons (Fsp3) is 0.125. The van der Waals surface area contributed by atoms with Gasteiger partial charge in [0, 0.05) is 53.0 Å². The maximum absolute atomic E-state index is 12.7. The first kappa shape index (κ1) is 23.3. The first-order valence-corrected chi connectivity index (χ1v) is 9.96. The second-order valence-corrected chi connectivity index (χ2v) is 7.04. The van der Waals surface area contributed by atoms with Crippen LogP contribution in [0.5, 0.6) is 11.5 Å². The zero-order valence-corrected chi connectivity index (χ0v) is 18.0. The third-order valence-electron chi connectivity index (χ3n) is 4.71. The first-order chi connectivity index (χ1) is 15.9. The summed E-state index contributed by atoms with van der Waals surface area (Å²) in [7, 11) is 0. The first-order valence-electron chi connectivity index (χ1n) is 9.96. The van der Waals surface area contributed by atoms with Gasteiger partial charge < -0.3 is 9.84 Å².